The molecule has 122 valence electrons. The maximum absolute atomic E-state index is 12.3. The molecule has 0 fully saturated rings. The molecule has 7 heteroatoms. The van der Waals surface area contributed by atoms with Gasteiger partial charge in [-0.05, 0) is 12.8 Å². The molecule has 1 aromatic rings. The van der Waals surface area contributed by atoms with E-state index in [1.165, 1.54) is 0 Å². The molecule has 0 amide bonds. The van der Waals surface area contributed by atoms with Crippen LogP contribution in [0.5, 0.6) is 0 Å². The smallest absolute Gasteiger partial charge is 0.244 e. The molecule has 0 saturated heterocycles. The van der Waals surface area contributed by atoms with E-state index in [9.17, 15) is 8.42 Å². The van der Waals surface area contributed by atoms with Gasteiger partial charge in [0.05, 0.1) is 6.54 Å². The van der Waals surface area contributed by atoms with E-state index in [0.717, 1.165) is 0 Å². The van der Waals surface area contributed by atoms with Gasteiger partial charge < -0.3 is 14.5 Å². The molecule has 0 bridgehead atoms. The molecule has 0 aromatic carbocycles. The van der Waals surface area contributed by atoms with Gasteiger partial charge in [-0.1, -0.05) is 20.8 Å². The first kappa shape index (κ1) is 18.2. The normalized spacial score (nSPS) is 13.8. The Kier molecular flexibility index (Phi) is 6.86. The van der Waals surface area contributed by atoms with Crippen molar-refractivity contribution < 1.29 is 17.6 Å². The first-order valence-electron chi connectivity index (χ1n) is 7.07. The Morgan fingerprint density at radius 3 is 2.57 bits per heavy atom. The monoisotopic (exact) mass is 318 g/mol. The van der Waals surface area contributed by atoms with Gasteiger partial charge in [0, 0.05) is 32.4 Å². The number of sulfonamides is 1. The van der Waals surface area contributed by atoms with E-state index < -0.39 is 10.0 Å². The van der Waals surface area contributed by atoms with E-state index in [4.69, 9.17) is 9.15 Å². The standard InChI is InChI=1S/C14H26N2O4S/c1-10(2)15-8-13-6-14(12(4)20-13)21(17,18)16-7-11(3)9-19-5/h6,10-11,15-16H,7-9H2,1-5H3. The summed E-state index contributed by atoms with van der Waals surface area (Å²) in [4.78, 5) is 0.202. The summed E-state index contributed by atoms with van der Waals surface area (Å²) in [7, 11) is -1.95. The highest BCUT2D eigenvalue weighted by atomic mass is 32.2. The van der Waals surface area contributed by atoms with Crippen molar-refractivity contribution in [3.8, 4) is 0 Å². The largest absolute Gasteiger partial charge is 0.464 e. The Hall–Kier alpha value is -0.890. The van der Waals surface area contributed by atoms with Crippen LogP contribution in [0.3, 0.4) is 0 Å². The van der Waals surface area contributed by atoms with Crippen molar-refractivity contribution in [3.63, 3.8) is 0 Å². The summed E-state index contributed by atoms with van der Waals surface area (Å²) in [5, 5.41) is 3.20. The minimum absolute atomic E-state index is 0.110. The van der Waals surface area contributed by atoms with Gasteiger partial charge >= 0.3 is 0 Å². The molecule has 6 nitrogen and oxygen atoms in total. The molecular weight excluding hydrogens is 292 g/mol. The van der Waals surface area contributed by atoms with Crippen LogP contribution in [0, 0.1) is 12.8 Å². The van der Waals surface area contributed by atoms with Crippen molar-refractivity contribution >= 4 is 10.0 Å². The van der Waals surface area contributed by atoms with Crippen LogP contribution in [0.4, 0.5) is 0 Å². The summed E-state index contributed by atoms with van der Waals surface area (Å²) < 4.78 is 37.6. The third-order valence-electron chi connectivity index (χ3n) is 2.97. The highest BCUT2D eigenvalue weighted by molar-refractivity contribution is 7.89. The molecule has 1 unspecified atom stereocenters. The molecule has 0 aliphatic carbocycles. The number of furan rings is 1. The summed E-state index contributed by atoms with van der Waals surface area (Å²) in [6, 6.07) is 1.89. The van der Waals surface area contributed by atoms with Gasteiger partial charge in [-0.15, -0.1) is 0 Å². The number of hydrogen-bond acceptors (Lipinski definition) is 5. The SMILES string of the molecule is COCC(C)CNS(=O)(=O)c1cc(CNC(C)C)oc1C. The second-order valence-electron chi connectivity index (χ2n) is 5.58. The first-order valence-corrected chi connectivity index (χ1v) is 8.56. The number of nitrogens with one attached hydrogen (secondary N) is 2. The second-order valence-corrected chi connectivity index (χ2v) is 7.32. The lowest BCUT2D eigenvalue weighted by Crippen LogP contribution is -2.30. The van der Waals surface area contributed by atoms with Gasteiger partial charge in [0.2, 0.25) is 10.0 Å². The summed E-state index contributed by atoms with van der Waals surface area (Å²) in [5.74, 6) is 1.13. The van der Waals surface area contributed by atoms with Gasteiger partial charge in [-0.25, -0.2) is 13.1 Å². The maximum atomic E-state index is 12.3. The van der Waals surface area contributed by atoms with E-state index in [-0.39, 0.29) is 10.8 Å². The van der Waals surface area contributed by atoms with Crippen molar-refractivity contribution in [1.29, 1.82) is 0 Å². The third-order valence-corrected chi connectivity index (χ3v) is 4.50. The predicted octanol–water partition coefficient (Wildman–Crippen LogP) is 1.65. The molecule has 1 atom stereocenters. The number of methoxy groups -OCH3 is 1. The Morgan fingerprint density at radius 2 is 2.00 bits per heavy atom. The zero-order chi connectivity index (χ0) is 16.0. The van der Waals surface area contributed by atoms with E-state index in [1.807, 2.05) is 20.8 Å². The Morgan fingerprint density at radius 1 is 1.33 bits per heavy atom. The Balaban J connectivity index is 2.74. The van der Waals surface area contributed by atoms with Gasteiger partial charge in [-0.3, -0.25) is 0 Å². The van der Waals surface area contributed by atoms with Crippen LogP contribution in [0.2, 0.25) is 0 Å². The van der Waals surface area contributed by atoms with Crippen molar-refractivity contribution in [2.45, 2.75) is 45.2 Å². The molecule has 2 N–H and O–H groups in total. The highest BCUT2D eigenvalue weighted by Crippen LogP contribution is 2.20. The quantitative estimate of drug-likeness (QED) is 0.723. The average Bonchev–Trinajstić information content (AvgIpc) is 2.77. The van der Waals surface area contributed by atoms with Crippen LogP contribution < -0.4 is 10.0 Å². The molecule has 0 saturated carbocycles. The lowest BCUT2D eigenvalue weighted by molar-refractivity contribution is 0.161. The third kappa shape index (κ3) is 5.78. The fourth-order valence-corrected chi connectivity index (χ4v) is 3.22. The van der Waals surface area contributed by atoms with Crippen LogP contribution in [0.1, 0.15) is 32.3 Å². The van der Waals surface area contributed by atoms with Gasteiger partial charge in [0.15, 0.2) is 0 Å². The molecule has 1 rings (SSSR count). The van der Waals surface area contributed by atoms with E-state index >= 15 is 0 Å². The average molecular weight is 318 g/mol. The molecular formula is C14H26N2O4S. The minimum atomic E-state index is -3.55. The molecule has 0 radical (unpaired) electrons. The zero-order valence-corrected chi connectivity index (χ0v) is 14.2. The number of rotatable bonds is 9. The zero-order valence-electron chi connectivity index (χ0n) is 13.4. The Bertz CT molecular complexity index is 537. The van der Waals surface area contributed by atoms with Crippen LogP contribution in [0.15, 0.2) is 15.4 Å². The van der Waals surface area contributed by atoms with Crippen molar-refractivity contribution in [2.75, 3.05) is 20.3 Å². The van der Waals surface area contributed by atoms with Crippen molar-refractivity contribution in [1.82, 2.24) is 10.0 Å². The first-order chi connectivity index (χ1) is 9.76. The van der Waals surface area contributed by atoms with E-state index in [2.05, 4.69) is 10.0 Å². The lowest BCUT2D eigenvalue weighted by Gasteiger charge is -2.11. The lowest BCUT2D eigenvalue weighted by atomic mass is 10.2. The molecule has 0 aliphatic heterocycles. The van der Waals surface area contributed by atoms with Crippen molar-refractivity contribution in [2.24, 2.45) is 5.92 Å². The molecule has 1 heterocycles. The van der Waals surface area contributed by atoms with Crippen LogP contribution >= 0.6 is 0 Å². The summed E-state index contributed by atoms with van der Waals surface area (Å²) >= 11 is 0. The topological polar surface area (TPSA) is 80.6 Å². The molecule has 0 aliphatic rings. The predicted molar refractivity (Wildman–Crippen MR) is 81.6 cm³/mol. The van der Waals surface area contributed by atoms with Gasteiger partial charge in [0.1, 0.15) is 16.4 Å². The van der Waals surface area contributed by atoms with Crippen LogP contribution in [-0.2, 0) is 21.3 Å². The molecule has 21 heavy (non-hydrogen) atoms. The van der Waals surface area contributed by atoms with Gasteiger partial charge in [-0.2, -0.15) is 0 Å². The minimum Gasteiger partial charge on any atom is -0.464 e. The number of hydrogen-bond donors (Lipinski definition) is 2. The number of aryl methyl sites for hydroxylation is 1. The Labute approximate surface area is 127 Å². The highest BCUT2D eigenvalue weighted by Gasteiger charge is 2.21. The van der Waals surface area contributed by atoms with Crippen LogP contribution in [-0.4, -0.2) is 34.7 Å². The number of ether oxygens (including phenoxy) is 1. The van der Waals surface area contributed by atoms with Crippen LogP contribution in [0.25, 0.3) is 0 Å². The summed E-state index contributed by atoms with van der Waals surface area (Å²) in [6.45, 7) is 8.97. The second kappa shape index (κ2) is 7.93. The van der Waals surface area contributed by atoms with Crippen molar-refractivity contribution in [3.05, 3.63) is 17.6 Å². The van der Waals surface area contributed by atoms with Gasteiger partial charge in [0.25, 0.3) is 0 Å². The summed E-state index contributed by atoms with van der Waals surface area (Å²) in [5.41, 5.74) is 0. The fourth-order valence-electron chi connectivity index (χ4n) is 1.86. The summed E-state index contributed by atoms with van der Waals surface area (Å²) in [6.07, 6.45) is 0. The van der Waals surface area contributed by atoms with E-state index in [0.29, 0.717) is 37.3 Å². The fraction of sp³-hybridized carbons (Fsp3) is 0.714. The van der Waals surface area contributed by atoms with E-state index in [1.54, 1.807) is 20.1 Å². The molecule has 0 spiro atoms. The molecule has 1 aromatic heterocycles. The maximum Gasteiger partial charge on any atom is 0.244 e.